The number of hydrogen-bond acceptors (Lipinski definition) is 5. The molecule has 3 aliphatic rings. The molecule has 0 bridgehead atoms. The van der Waals surface area contributed by atoms with E-state index in [1.165, 1.54) is 30.5 Å². The van der Waals surface area contributed by atoms with E-state index in [4.69, 9.17) is 4.42 Å². The van der Waals surface area contributed by atoms with Crippen LogP contribution in [0.2, 0.25) is 0 Å². The van der Waals surface area contributed by atoms with Crippen molar-refractivity contribution in [1.29, 1.82) is 0 Å². The quantitative estimate of drug-likeness (QED) is 0.830. The van der Waals surface area contributed by atoms with Crippen molar-refractivity contribution < 1.29 is 4.42 Å². The first kappa shape index (κ1) is 17.2. The largest absolute Gasteiger partial charge is 0.444 e. The van der Waals surface area contributed by atoms with Crippen LogP contribution in [0.3, 0.4) is 0 Å². The van der Waals surface area contributed by atoms with E-state index in [0.29, 0.717) is 5.92 Å². The van der Waals surface area contributed by atoms with Gasteiger partial charge in [-0.1, -0.05) is 0 Å². The molecule has 0 amide bonds. The molecule has 0 aromatic carbocycles. The van der Waals surface area contributed by atoms with Gasteiger partial charge in [-0.15, -0.1) is 0 Å². The van der Waals surface area contributed by atoms with Gasteiger partial charge in [0.25, 0.3) is 5.56 Å². The summed E-state index contributed by atoms with van der Waals surface area (Å²) in [5, 5.41) is 4.69. The van der Waals surface area contributed by atoms with Gasteiger partial charge in [0, 0.05) is 19.0 Å². The van der Waals surface area contributed by atoms with Crippen LogP contribution in [0.5, 0.6) is 0 Å². The predicted octanol–water partition coefficient (Wildman–Crippen LogP) is 2.51. The highest BCUT2D eigenvalue weighted by Gasteiger charge is 2.24. The molecule has 1 fully saturated rings. The van der Waals surface area contributed by atoms with Gasteiger partial charge in [-0.25, -0.2) is 9.67 Å². The molecule has 6 nitrogen and oxygen atoms in total. The Morgan fingerprint density at radius 2 is 1.85 bits per heavy atom. The summed E-state index contributed by atoms with van der Waals surface area (Å²) >= 11 is 0. The van der Waals surface area contributed by atoms with Gasteiger partial charge in [-0.3, -0.25) is 9.69 Å². The molecule has 2 aliphatic carbocycles. The summed E-state index contributed by atoms with van der Waals surface area (Å²) in [7, 11) is 0. The zero-order valence-electron chi connectivity index (χ0n) is 16.0. The van der Waals surface area contributed by atoms with Gasteiger partial charge in [0.1, 0.15) is 5.76 Å². The highest BCUT2D eigenvalue weighted by Crippen LogP contribution is 2.25. The smallest absolute Gasteiger partial charge is 0.267 e. The van der Waals surface area contributed by atoms with Crippen LogP contribution in [0.15, 0.2) is 15.3 Å². The zero-order chi connectivity index (χ0) is 18.2. The molecule has 0 atom stereocenters. The first-order chi connectivity index (χ1) is 13.2. The molecular weight excluding hydrogens is 340 g/mol. The van der Waals surface area contributed by atoms with Crippen molar-refractivity contribution in [2.75, 3.05) is 13.1 Å². The Hall–Kier alpha value is -1.95. The summed E-state index contributed by atoms with van der Waals surface area (Å²) in [5.41, 5.74) is 3.58. The van der Waals surface area contributed by atoms with E-state index < -0.39 is 0 Å². The molecule has 5 rings (SSSR count). The molecule has 1 saturated heterocycles. The SMILES string of the molecule is O=c1cc2c(nn1CC1CCN(Cc3nc4c(o3)CCC4)CC1)CCCC2. The molecule has 0 saturated carbocycles. The van der Waals surface area contributed by atoms with Gasteiger partial charge < -0.3 is 4.42 Å². The van der Waals surface area contributed by atoms with E-state index in [1.54, 1.807) is 4.68 Å². The standard InChI is InChI=1S/C21H28N4O2/c26-21-12-16-4-1-2-5-17(16)23-25(21)13-15-8-10-24(11-9-15)14-20-22-18-6-3-7-19(18)27-20/h12,15H,1-11,13-14H2. The third-order valence-electron chi connectivity index (χ3n) is 6.41. The topological polar surface area (TPSA) is 64.2 Å². The lowest BCUT2D eigenvalue weighted by Crippen LogP contribution is -2.37. The third-order valence-corrected chi connectivity index (χ3v) is 6.41. The van der Waals surface area contributed by atoms with Crippen molar-refractivity contribution in [1.82, 2.24) is 19.7 Å². The van der Waals surface area contributed by atoms with Gasteiger partial charge in [-0.2, -0.15) is 5.10 Å². The molecule has 0 unspecified atom stereocenters. The lowest BCUT2D eigenvalue weighted by molar-refractivity contribution is 0.151. The van der Waals surface area contributed by atoms with Crippen molar-refractivity contribution >= 4 is 0 Å². The maximum Gasteiger partial charge on any atom is 0.267 e. The third kappa shape index (κ3) is 3.59. The van der Waals surface area contributed by atoms with Crippen LogP contribution in [0.25, 0.3) is 0 Å². The lowest BCUT2D eigenvalue weighted by Gasteiger charge is -2.31. The summed E-state index contributed by atoms with van der Waals surface area (Å²) in [6.45, 7) is 3.65. The highest BCUT2D eigenvalue weighted by molar-refractivity contribution is 5.20. The number of fused-ring (bicyclic) bond motifs is 2. The van der Waals surface area contributed by atoms with E-state index in [-0.39, 0.29) is 5.56 Å². The van der Waals surface area contributed by atoms with Crippen LogP contribution < -0.4 is 5.56 Å². The van der Waals surface area contributed by atoms with Gasteiger partial charge >= 0.3 is 0 Å². The highest BCUT2D eigenvalue weighted by atomic mass is 16.4. The number of aryl methyl sites for hydroxylation is 4. The minimum Gasteiger partial charge on any atom is -0.444 e. The Kier molecular flexibility index (Phi) is 4.60. The minimum atomic E-state index is 0.0763. The van der Waals surface area contributed by atoms with Crippen molar-refractivity contribution in [3.8, 4) is 0 Å². The minimum absolute atomic E-state index is 0.0763. The van der Waals surface area contributed by atoms with Crippen LogP contribution in [0.1, 0.15) is 60.7 Å². The van der Waals surface area contributed by atoms with Gasteiger partial charge in [0.15, 0.2) is 0 Å². The fraction of sp³-hybridized carbons (Fsp3) is 0.667. The van der Waals surface area contributed by atoms with Crippen molar-refractivity contribution in [3.05, 3.63) is 45.0 Å². The molecule has 2 aromatic rings. The average molecular weight is 368 g/mol. The predicted molar refractivity (Wildman–Crippen MR) is 102 cm³/mol. The van der Waals surface area contributed by atoms with Gasteiger partial charge in [-0.05, 0) is 75.9 Å². The molecule has 0 spiro atoms. The zero-order valence-corrected chi connectivity index (χ0v) is 16.0. The number of nitrogens with zero attached hydrogens (tertiary/aromatic N) is 4. The monoisotopic (exact) mass is 368 g/mol. The normalized spacial score (nSPS) is 20.6. The summed E-state index contributed by atoms with van der Waals surface area (Å²) in [6, 6.07) is 1.83. The van der Waals surface area contributed by atoms with Crippen molar-refractivity contribution in [2.45, 2.75) is 70.9 Å². The van der Waals surface area contributed by atoms with E-state index in [2.05, 4.69) is 15.0 Å². The Bertz CT molecular complexity index is 855. The van der Waals surface area contributed by atoms with Crippen LogP contribution in [0, 0.1) is 5.92 Å². The number of piperidine rings is 1. The van der Waals surface area contributed by atoms with E-state index >= 15 is 0 Å². The van der Waals surface area contributed by atoms with Gasteiger partial charge in [0.05, 0.1) is 17.9 Å². The maximum atomic E-state index is 12.4. The lowest BCUT2D eigenvalue weighted by atomic mass is 9.96. The average Bonchev–Trinajstić information content (AvgIpc) is 3.25. The van der Waals surface area contributed by atoms with E-state index in [0.717, 1.165) is 82.0 Å². The molecule has 2 aromatic heterocycles. The number of aromatic nitrogens is 3. The molecule has 0 radical (unpaired) electrons. The molecule has 3 heterocycles. The van der Waals surface area contributed by atoms with Crippen LogP contribution in [-0.4, -0.2) is 32.8 Å². The van der Waals surface area contributed by atoms with E-state index in [9.17, 15) is 4.79 Å². The molecule has 0 N–H and O–H groups in total. The Morgan fingerprint density at radius 1 is 1.04 bits per heavy atom. The molecule has 144 valence electrons. The Balaban J connectivity index is 1.18. The van der Waals surface area contributed by atoms with E-state index in [1.807, 2.05) is 6.07 Å². The second-order valence-electron chi connectivity index (χ2n) is 8.39. The van der Waals surface area contributed by atoms with Crippen LogP contribution in [0.4, 0.5) is 0 Å². The van der Waals surface area contributed by atoms with Crippen molar-refractivity contribution in [2.24, 2.45) is 5.92 Å². The Labute approximate surface area is 159 Å². The maximum absolute atomic E-state index is 12.4. The first-order valence-electron chi connectivity index (χ1n) is 10.5. The second kappa shape index (κ2) is 7.23. The molecule has 27 heavy (non-hydrogen) atoms. The molecular formula is C21H28N4O2. The summed E-state index contributed by atoms with van der Waals surface area (Å²) in [4.78, 5) is 19.5. The van der Waals surface area contributed by atoms with Crippen LogP contribution >= 0.6 is 0 Å². The number of oxazole rings is 1. The fourth-order valence-electron chi connectivity index (χ4n) is 4.81. The summed E-state index contributed by atoms with van der Waals surface area (Å²) in [5.74, 6) is 2.52. The first-order valence-corrected chi connectivity index (χ1v) is 10.5. The number of hydrogen-bond donors (Lipinski definition) is 0. The second-order valence-corrected chi connectivity index (χ2v) is 8.39. The number of rotatable bonds is 4. The van der Waals surface area contributed by atoms with Crippen LogP contribution in [-0.2, 0) is 38.8 Å². The van der Waals surface area contributed by atoms with Crippen molar-refractivity contribution in [3.63, 3.8) is 0 Å². The summed E-state index contributed by atoms with van der Waals surface area (Å²) < 4.78 is 7.64. The molecule has 1 aliphatic heterocycles. The Morgan fingerprint density at radius 3 is 2.70 bits per heavy atom. The summed E-state index contributed by atoms with van der Waals surface area (Å²) in [6.07, 6.45) is 9.93. The number of likely N-dealkylation sites (tertiary alicyclic amines) is 1. The molecule has 6 heteroatoms. The van der Waals surface area contributed by atoms with Gasteiger partial charge in [0.2, 0.25) is 5.89 Å². The fourth-order valence-corrected chi connectivity index (χ4v) is 4.81.